The van der Waals surface area contributed by atoms with Gasteiger partial charge in [-0.1, -0.05) is 49.6 Å². The van der Waals surface area contributed by atoms with Crippen LogP contribution >= 0.6 is 0 Å². The molecule has 3 aromatic carbocycles. The number of rotatable bonds is 4. The van der Waals surface area contributed by atoms with Crippen LogP contribution in [0.4, 0.5) is 24.5 Å². The van der Waals surface area contributed by atoms with Crippen molar-refractivity contribution in [3.63, 3.8) is 0 Å². The van der Waals surface area contributed by atoms with Gasteiger partial charge in [0.15, 0.2) is 0 Å². The smallest absolute Gasteiger partial charge is 0.370 e. The molecule has 2 fully saturated rings. The fraction of sp³-hybridized carbons (Fsp3) is 0.385. The summed E-state index contributed by atoms with van der Waals surface area (Å²) in [6.07, 6.45) is 1.12. The van der Waals surface area contributed by atoms with Gasteiger partial charge in [-0.3, -0.25) is 4.72 Å². The number of nitrogens with zero attached hydrogens (tertiary/aromatic N) is 1. The average molecular weight is 489 g/mol. The van der Waals surface area contributed by atoms with Gasteiger partial charge in [-0.25, -0.2) is 8.42 Å². The van der Waals surface area contributed by atoms with Crippen molar-refractivity contribution in [2.24, 2.45) is 11.8 Å². The molecule has 180 valence electrons. The Bertz CT molecular complexity index is 1310. The van der Waals surface area contributed by atoms with Crippen molar-refractivity contribution in [1.29, 1.82) is 0 Å². The third kappa shape index (κ3) is 4.60. The lowest BCUT2D eigenvalue weighted by Crippen LogP contribution is -2.42. The number of anilines is 2. The summed E-state index contributed by atoms with van der Waals surface area (Å²) in [5.41, 5.74) is -0.404. The van der Waals surface area contributed by atoms with Crippen molar-refractivity contribution in [3.8, 4) is 0 Å². The molecule has 1 heterocycles. The third-order valence-electron chi connectivity index (χ3n) is 7.23. The Labute approximate surface area is 197 Å². The maximum absolute atomic E-state index is 13.5. The van der Waals surface area contributed by atoms with E-state index in [4.69, 9.17) is 0 Å². The average Bonchev–Trinajstić information content (AvgIpc) is 2.82. The molecule has 0 amide bonds. The number of fused-ring (bicyclic) bond motifs is 2. The van der Waals surface area contributed by atoms with Gasteiger partial charge in [0.2, 0.25) is 0 Å². The van der Waals surface area contributed by atoms with Crippen LogP contribution in [-0.4, -0.2) is 21.5 Å². The summed E-state index contributed by atoms with van der Waals surface area (Å²) >= 11 is 0. The molecule has 1 aliphatic heterocycles. The minimum Gasteiger partial charge on any atom is -0.370 e. The van der Waals surface area contributed by atoms with E-state index in [1.165, 1.54) is 31.4 Å². The topological polar surface area (TPSA) is 49.4 Å². The van der Waals surface area contributed by atoms with E-state index in [1.807, 2.05) is 23.1 Å². The zero-order valence-corrected chi connectivity index (χ0v) is 19.5. The maximum Gasteiger partial charge on any atom is 0.416 e. The number of hydrogen-bond acceptors (Lipinski definition) is 3. The first kappa shape index (κ1) is 23.0. The van der Waals surface area contributed by atoms with Crippen LogP contribution in [0.5, 0.6) is 0 Å². The van der Waals surface area contributed by atoms with Crippen molar-refractivity contribution in [2.75, 3.05) is 22.7 Å². The SMILES string of the molecule is O=S(=O)(Nc1cc(C(F)(F)F)ccc1N1CC[C@@H]2CCCCC2C1)c1ccc2ccccc2c1. The predicted molar refractivity (Wildman–Crippen MR) is 128 cm³/mol. The molecule has 1 saturated carbocycles. The second kappa shape index (κ2) is 8.80. The quantitative estimate of drug-likeness (QED) is 0.446. The van der Waals surface area contributed by atoms with Gasteiger partial charge in [-0.15, -0.1) is 0 Å². The molecule has 2 atom stereocenters. The van der Waals surface area contributed by atoms with Gasteiger partial charge in [0.05, 0.1) is 21.8 Å². The van der Waals surface area contributed by atoms with Gasteiger partial charge < -0.3 is 4.90 Å². The number of benzene rings is 3. The molecule has 1 aliphatic carbocycles. The molecule has 0 aromatic heterocycles. The van der Waals surface area contributed by atoms with Gasteiger partial charge in [-0.2, -0.15) is 13.2 Å². The van der Waals surface area contributed by atoms with E-state index in [9.17, 15) is 21.6 Å². The first-order valence-corrected chi connectivity index (χ1v) is 13.2. The summed E-state index contributed by atoms with van der Waals surface area (Å²) in [6.45, 7) is 1.44. The van der Waals surface area contributed by atoms with Gasteiger partial charge in [-0.05, 0) is 65.8 Å². The summed E-state index contributed by atoms with van der Waals surface area (Å²) in [5, 5.41) is 1.63. The number of hydrogen-bond donors (Lipinski definition) is 1. The van der Waals surface area contributed by atoms with Crippen molar-refractivity contribution in [1.82, 2.24) is 0 Å². The highest BCUT2D eigenvalue weighted by molar-refractivity contribution is 7.92. The van der Waals surface area contributed by atoms with E-state index in [-0.39, 0.29) is 10.6 Å². The van der Waals surface area contributed by atoms with E-state index in [0.29, 0.717) is 24.1 Å². The standard InChI is InChI=1S/C26H27F3N2O2S/c27-26(28,29)22-10-12-25(31-14-13-19-6-2-4-8-21(19)17-31)24(16-22)30-34(32,33)23-11-9-18-5-1-3-7-20(18)15-23/h1,3,5,7,9-12,15-16,19,21,30H,2,4,6,8,13-14,17H2/t19-,21?/m0/s1. The molecule has 8 heteroatoms. The largest absolute Gasteiger partial charge is 0.416 e. The maximum atomic E-state index is 13.5. The monoisotopic (exact) mass is 488 g/mol. The van der Waals surface area contributed by atoms with Crippen molar-refractivity contribution in [2.45, 2.75) is 43.2 Å². The van der Waals surface area contributed by atoms with Crippen LogP contribution in [0.15, 0.2) is 65.6 Å². The number of halogens is 3. The van der Waals surface area contributed by atoms with E-state index in [2.05, 4.69) is 4.72 Å². The number of piperidine rings is 1. The van der Waals surface area contributed by atoms with Crippen LogP contribution in [0.2, 0.25) is 0 Å². The van der Waals surface area contributed by atoms with Gasteiger partial charge in [0.25, 0.3) is 10.0 Å². The molecule has 34 heavy (non-hydrogen) atoms. The van der Waals surface area contributed by atoms with E-state index < -0.39 is 21.8 Å². The van der Waals surface area contributed by atoms with Crippen LogP contribution in [0.1, 0.15) is 37.7 Å². The summed E-state index contributed by atoms with van der Waals surface area (Å²) in [4.78, 5) is 2.06. The molecule has 0 radical (unpaired) electrons. The fourth-order valence-corrected chi connectivity index (χ4v) is 6.53. The van der Waals surface area contributed by atoms with Crippen molar-refractivity contribution < 1.29 is 21.6 Å². The molecule has 1 unspecified atom stereocenters. The Morgan fingerprint density at radius 3 is 2.35 bits per heavy atom. The summed E-state index contributed by atoms with van der Waals surface area (Å²) < 4.78 is 69.5. The molecule has 2 aliphatic rings. The van der Waals surface area contributed by atoms with Crippen molar-refractivity contribution in [3.05, 3.63) is 66.2 Å². The van der Waals surface area contributed by atoms with Gasteiger partial charge in [0, 0.05) is 13.1 Å². The van der Waals surface area contributed by atoms with Gasteiger partial charge in [0.1, 0.15) is 0 Å². The molecule has 3 aromatic rings. The Balaban J connectivity index is 1.50. The zero-order chi connectivity index (χ0) is 23.9. The highest BCUT2D eigenvalue weighted by Gasteiger charge is 2.35. The van der Waals surface area contributed by atoms with E-state index in [0.717, 1.165) is 42.3 Å². The molecule has 1 saturated heterocycles. The number of sulfonamides is 1. The Morgan fingerprint density at radius 2 is 1.59 bits per heavy atom. The first-order valence-electron chi connectivity index (χ1n) is 11.7. The highest BCUT2D eigenvalue weighted by atomic mass is 32.2. The fourth-order valence-electron chi connectivity index (χ4n) is 5.43. The van der Waals surface area contributed by atoms with Gasteiger partial charge >= 0.3 is 6.18 Å². The van der Waals surface area contributed by atoms with Crippen LogP contribution in [-0.2, 0) is 16.2 Å². The van der Waals surface area contributed by atoms with Crippen LogP contribution in [0, 0.1) is 11.8 Å². The molecule has 0 spiro atoms. The van der Waals surface area contributed by atoms with Crippen LogP contribution in [0.3, 0.4) is 0 Å². The third-order valence-corrected chi connectivity index (χ3v) is 8.59. The minimum absolute atomic E-state index is 0.0144. The lowest BCUT2D eigenvalue weighted by molar-refractivity contribution is -0.137. The van der Waals surface area contributed by atoms with Crippen molar-refractivity contribution >= 4 is 32.2 Å². The Kier molecular flexibility index (Phi) is 5.96. The molecule has 5 rings (SSSR count). The molecular weight excluding hydrogens is 461 g/mol. The summed E-state index contributed by atoms with van der Waals surface area (Å²) in [7, 11) is -4.10. The first-order chi connectivity index (χ1) is 16.2. The number of alkyl halides is 3. The predicted octanol–water partition coefficient (Wildman–Crippen LogP) is 6.68. The van der Waals surface area contributed by atoms with Crippen LogP contribution in [0.25, 0.3) is 10.8 Å². The Hall–Kier alpha value is -2.74. The molecule has 1 N–H and O–H groups in total. The molecular formula is C26H27F3N2O2S. The minimum atomic E-state index is -4.57. The summed E-state index contributed by atoms with van der Waals surface area (Å²) in [6, 6.07) is 15.4. The van der Waals surface area contributed by atoms with E-state index >= 15 is 0 Å². The normalized spacial score (nSPS) is 21.3. The summed E-state index contributed by atoms with van der Waals surface area (Å²) in [5.74, 6) is 1.15. The highest BCUT2D eigenvalue weighted by Crippen LogP contribution is 2.41. The van der Waals surface area contributed by atoms with E-state index in [1.54, 1.807) is 18.2 Å². The second-order valence-corrected chi connectivity index (χ2v) is 11.1. The lowest BCUT2D eigenvalue weighted by atomic mass is 9.75. The molecule has 0 bridgehead atoms. The van der Waals surface area contributed by atoms with Crippen LogP contribution < -0.4 is 9.62 Å². The lowest BCUT2D eigenvalue weighted by Gasteiger charge is -2.42. The molecule has 4 nitrogen and oxygen atoms in total. The Morgan fingerprint density at radius 1 is 0.853 bits per heavy atom. The second-order valence-electron chi connectivity index (χ2n) is 9.38. The number of nitrogens with one attached hydrogen (secondary N) is 1. The zero-order valence-electron chi connectivity index (χ0n) is 18.7.